The molecule has 0 aliphatic rings. The third-order valence-corrected chi connectivity index (χ3v) is 3.16. The summed E-state index contributed by atoms with van der Waals surface area (Å²) in [6.07, 6.45) is 4.38. The number of rotatable bonds is 6. The Kier molecular flexibility index (Phi) is 5.86. The lowest BCUT2D eigenvalue weighted by Gasteiger charge is -2.06. The van der Waals surface area contributed by atoms with Crippen molar-refractivity contribution >= 4 is 6.03 Å². The van der Waals surface area contributed by atoms with Crippen LogP contribution in [0.25, 0.3) is 0 Å². The van der Waals surface area contributed by atoms with Crippen LogP contribution in [0.4, 0.5) is 4.79 Å². The Morgan fingerprint density at radius 2 is 2.00 bits per heavy atom. The first-order valence-electron chi connectivity index (χ1n) is 7.00. The summed E-state index contributed by atoms with van der Waals surface area (Å²) < 4.78 is 6.06. The molecule has 0 fully saturated rings. The van der Waals surface area contributed by atoms with Crippen LogP contribution in [0.15, 0.2) is 9.32 Å². The molecule has 19 heavy (non-hydrogen) atoms. The van der Waals surface area contributed by atoms with Gasteiger partial charge in [-0.3, -0.25) is 0 Å². The molecule has 1 rings (SSSR count). The zero-order valence-corrected chi connectivity index (χ0v) is 12.3. The van der Waals surface area contributed by atoms with Gasteiger partial charge in [0.25, 0.3) is 0 Å². The molecule has 0 aromatic carbocycles. The van der Waals surface area contributed by atoms with Gasteiger partial charge in [0.1, 0.15) is 0 Å². The molecule has 108 valence electrons. The SMILES string of the molecule is CCCCCCNC(=O)n1oc(=O)c(C(C)C)c1C. The summed E-state index contributed by atoms with van der Waals surface area (Å²) in [6, 6.07) is -0.363. The van der Waals surface area contributed by atoms with Gasteiger partial charge in [0.15, 0.2) is 0 Å². The van der Waals surface area contributed by atoms with Gasteiger partial charge in [-0.15, -0.1) is 4.74 Å². The topological polar surface area (TPSA) is 64.2 Å². The molecule has 1 aromatic rings. The molecular weight excluding hydrogens is 244 g/mol. The van der Waals surface area contributed by atoms with Gasteiger partial charge in [-0.25, -0.2) is 9.59 Å². The number of hydrogen-bond donors (Lipinski definition) is 1. The van der Waals surface area contributed by atoms with Crippen molar-refractivity contribution in [1.29, 1.82) is 0 Å². The van der Waals surface area contributed by atoms with E-state index in [0.29, 0.717) is 17.8 Å². The van der Waals surface area contributed by atoms with Crippen LogP contribution in [-0.4, -0.2) is 17.3 Å². The minimum atomic E-state index is -0.423. The van der Waals surface area contributed by atoms with E-state index in [2.05, 4.69) is 12.2 Å². The Balaban J connectivity index is 2.63. The first-order chi connectivity index (χ1) is 8.99. The fourth-order valence-corrected chi connectivity index (χ4v) is 2.12. The highest BCUT2D eigenvalue weighted by molar-refractivity contribution is 5.76. The zero-order valence-electron chi connectivity index (χ0n) is 12.3. The van der Waals surface area contributed by atoms with Crippen LogP contribution in [-0.2, 0) is 0 Å². The summed E-state index contributed by atoms with van der Waals surface area (Å²) in [4.78, 5) is 23.6. The molecule has 0 saturated heterocycles. The van der Waals surface area contributed by atoms with Crippen molar-refractivity contribution in [3.8, 4) is 0 Å². The van der Waals surface area contributed by atoms with Crippen LogP contribution in [0.3, 0.4) is 0 Å². The minimum Gasteiger partial charge on any atom is -0.335 e. The number of nitrogens with zero attached hydrogens (tertiary/aromatic N) is 1. The lowest BCUT2D eigenvalue weighted by molar-refractivity contribution is 0.205. The molecule has 0 bridgehead atoms. The molecule has 0 atom stereocenters. The molecule has 1 N–H and O–H groups in total. The van der Waals surface area contributed by atoms with E-state index in [9.17, 15) is 9.59 Å². The van der Waals surface area contributed by atoms with Crippen molar-refractivity contribution in [3.05, 3.63) is 21.7 Å². The summed E-state index contributed by atoms with van der Waals surface area (Å²) in [5, 5.41) is 2.77. The average Bonchev–Trinajstić information content (AvgIpc) is 2.64. The van der Waals surface area contributed by atoms with Crippen molar-refractivity contribution in [3.63, 3.8) is 0 Å². The minimum absolute atomic E-state index is 0.0508. The summed E-state index contributed by atoms with van der Waals surface area (Å²) in [7, 11) is 0. The summed E-state index contributed by atoms with van der Waals surface area (Å²) in [6.45, 7) is 8.30. The van der Waals surface area contributed by atoms with E-state index in [0.717, 1.165) is 24.0 Å². The highest BCUT2D eigenvalue weighted by Crippen LogP contribution is 2.15. The van der Waals surface area contributed by atoms with Crippen LogP contribution in [0.5, 0.6) is 0 Å². The molecule has 0 aliphatic carbocycles. The fraction of sp³-hybridized carbons (Fsp3) is 0.714. The van der Waals surface area contributed by atoms with Crippen LogP contribution >= 0.6 is 0 Å². The quantitative estimate of drug-likeness (QED) is 0.807. The number of carbonyl (C=O) groups is 1. The van der Waals surface area contributed by atoms with Crippen molar-refractivity contribution in [2.45, 2.75) is 59.3 Å². The molecule has 0 saturated carbocycles. The monoisotopic (exact) mass is 268 g/mol. The molecule has 5 nitrogen and oxygen atoms in total. The van der Waals surface area contributed by atoms with Gasteiger partial charge in [-0.2, -0.15) is 0 Å². The second-order valence-electron chi connectivity index (χ2n) is 5.12. The van der Waals surface area contributed by atoms with Crippen molar-refractivity contribution in [2.24, 2.45) is 0 Å². The molecule has 0 spiro atoms. The highest BCUT2D eigenvalue weighted by atomic mass is 16.5. The van der Waals surface area contributed by atoms with Gasteiger partial charge >= 0.3 is 11.7 Å². The van der Waals surface area contributed by atoms with Gasteiger partial charge < -0.3 is 9.84 Å². The van der Waals surface area contributed by atoms with Crippen LogP contribution in [0.1, 0.15) is 63.6 Å². The van der Waals surface area contributed by atoms with E-state index in [-0.39, 0.29) is 11.9 Å². The van der Waals surface area contributed by atoms with Crippen LogP contribution in [0.2, 0.25) is 0 Å². The second-order valence-corrected chi connectivity index (χ2v) is 5.12. The van der Waals surface area contributed by atoms with Gasteiger partial charge in [0.2, 0.25) is 0 Å². The third kappa shape index (κ3) is 3.98. The largest absolute Gasteiger partial charge is 0.361 e. The Hall–Kier alpha value is -1.52. The number of amides is 1. The normalized spacial score (nSPS) is 11.0. The molecule has 5 heteroatoms. The van der Waals surface area contributed by atoms with Gasteiger partial charge in [0.05, 0.1) is 11.3 Å². The van der Waals surface area contributed by atoms with E-state index in [1.165, 1.54) is 6.42 Å². The maximum atomic E-state index is 11.9. The van der Waals surface area contributed by atoms with Crippen molar-refractivity contribution in [2.75, 3.05) is 6.54 Å². The average molecular weight is 268 g/mol. The van der Waals surface area contributed by atoms with E-state index in [1.807, 2.05) is 13.8 Å². The fourth-order valence-electron chi connectivity index (χ4n) is 2.12. The molecule has 1 aromatic heterocycles. The first-order valence-corrected chi connectivity index (χ1v) is 7.00. The smallest absolute Gasteiger partial charge is 0.335 e. The molecule has 0 unspecified atom stereocenters. The van der Waals surface area contributed by atoms with E-state index >= 15 is 0 Å². The lowest BCUT2D eigenvalue weighted by atomic mass is 10.1. The Morgan fingerprint density at radius 1 is 1.32 bits per heavy atom. The number of aromatic nitrogens is 1. The Morgan fingerprint density at radius 3 is 2.53 bits per heavy atom. The zero-order chi connectivity index (χ0) is 14.4. The predicted molar refractivity (Wildman–Crippen MR) is 74.7 cm³/mol. The molecule has 1 amide bonds. The lowest BCUT2D eigenvalue weighted by Crippen LogP contribution is -2.29. The number of carbonyl (C=O) groups excluding carboxylic acids is 1. The summed E-state index contributed by atoms with van der Waals surface area (Å²) >= 11 is 0. The van der Waals surface area contributed by atoms with Crippen molar-refractivity contribution < 1.29 is 9.32 Å². The van der Waals surface area contributed by atoms with Gasteiger partial charge in [-0.1, -0.05) is 40.0 Å². The molecular formula is C14H24N2O3. The predicted octanol–water partition coefficient (Wildman–Crippen LogP) is 3.01. The van der Waals surface area contributed by atoms with Crippen LogP contribution < -0.4 is 10.9 Å². The van der Waals surface area contributed by atoms with Crippen molar-refractivity contribution in [1.82, 2.24) is 10.1 Å². The summed E-state index contributed by atoms with van der Waals surface area (Å²) in [5.41, 5.74) is 0.737. The van der Waals surface area contributed by atoms with E-state index in [1.54, 1.807) is 6.92 Å². The molecule has 0 aliphatic heterocycles. The van der Waals surface area contributed by atoms with Gasteiger partial charge in [0, 0.05) is 6.54 Å². The number of hydrogen-bond acceptors (Lipinski definition) is 3. The maximum absolute atomic E-state index is 11.9. The van der Waals surface area contributed by atoms with Crippen LogP contribution in [0, 0.1) is 6.92 Å². The number of nitrogens with one attached hydrogen (secondary N) is 1. The Bertz CT molecular complexity index is 472. The summed E-state index contributed by atoms with van der Waals surface area (Å²) in [5.74, 6) is 0.0508. The Labute approximate surface area is 113 Å². The highest BCUT2D eigenvalue weighted by Gasteiger charge is 2.20. The van der Waals surface area contributed by atoms with E-state index in [4.69, 9.17) is 4.52 Å². The van der Waals surface area contributed by atoms with E-state index < -0.39 is 5.63 Å². The first kappa shape index (κ1) is 15.5. The molecule has 1 heterocycles. The maximum Gasteiger partial charge on any atom is 0.361 e. The second kappa shape index (κ2) is 7.16. The molecule has 0 radical (unpaired) electrons. The standard InChI is InChI=1S/C14H24N2O3/c1-5-6-7-8-9-15-14(18)16-11(4)12(10(2)3)13(17)19-16/h10H,5-9H2,1-4H3,(H,15,18). The third-order valence-electron chi connectivity index (χ3n) is 3.16. The number of unbranched alkanes of at least 4 members (excludes halogenated alkanes) is 3. The van der Waals surface area contributed by atoms with Gasteiger partial charge in [-0.05, 0) is 19.3 Å².